The molecule has 0 bridgehead atoms. The van der Waals surface area contributed by atoms with E-state index in [4.69, 9.17) is 4.74 Å². The highest BCUT2D eigenvalue weighted by Gasteiger charge is 2.24. The van der Waals surface area contributed by atoms with Crippen LogP contribution in [0.4, 0.5) is 5.69 Å². The van der Waals surface area contributed by atoms with Gasteiger partial charge in [0.15, 0.2) is 5.17 Å². The van der Waals surface area contributed by atoms with Crippen molar-refractivity contribution in [2.24, 2.45) is 4.99 Å². The molecule has 0 saturated carbocycles. The number of thioether (sulfide) groups is 1. The zero-order chi connectivity index (χ0) is 21.8. The summed E-state index contributed by atoms with van der Waals surface area (Å²) in [4.78, 5) is 29.6. The van der Waals surface area contributed by atoms with Crippen LogP contribution in [0.2, 0.25) is 0 Å². The molecular weight excluding hydrogens is 410 g/mol. The molecule has 1 saturated heterocycles. The number of carbonyl (C=O) groups is 2. The third-order valence-electron chi connectivity index (χ3n) is 4.94. The Kier molecular flexibility index (Phi) is 6.23. The van der Waals surface area contributed by atoms with Crippen molar-refractivity contribution in [3.05, 3.63) is 70.8 Å². The van der Waals surface area contributed by atoms with Crippen molar-refractivity contribution in [2.75, 3.05) is 6.61 Å². The van der Waals surface area contributed by atoms with Gasteiger partial charge in [0.25, 0.3) is 5.91 Å². The molecule has 158 valence electrons. The molecule has 31 heavy (non-hydrogen) atoms. The van der Waals surface area contributed by atoms with E-state index in [2.05, 4.69) is 17.2 Å². The van der Waals surface area contributed by atoms with Crippen LogP contribution in [0.1, 0.15) is 25.0 Å². The monoisotopic (exact) mass is 433 g/mol. The number of hydrogen-bond acceptors (Lipinski definition) is 5. The highest BCUT2D eigenvalue weighted by atomic mass is 32.2. The van der Waals surface area contributed by atoms with Crippen molar-refractivity contribution in [2.45, 2.75) is 26.8 Å². The van der Waals surface area contributed by atoms with Crippen molar-refractivity contribution < 1.29 is 14.3 Å². The smallest absolute Gasteiger partial charge is 0.325 e. The minimum atomic E-state index is -0.293. The molecule has 3 aromatic rings. The van der Waals surface area contributed by atoms with Crippen LogP contribution in [0.5, 0.6) is 0 Å². The van der Waals surface area contributed by atoms with Gasteiger partial charge < -0.3 is 14.6 Å². The summed E-state index contributed by atoms with van der Waals surface area (Å²) in [5.74, 6) is -0.477. The number of nitrogens with one attached hydrogen (secondary N) is 1. The second-order valence-electron chi connectivity index (χ2n) is 7.04. The Bertz CT molecular complexity index is 1190. The molecule has 0 unspecified atom stereocenters. The van der Waals surface area contributed by atoms with Crippen LogP contribution in [0.15, 0.2) is 64.6 Å². The van der Waals surface area contributed by atoms with E-state index in [1.54, 1.807) is 6.92 Å². The molecule has 1 fully saturated rings. The fourth-order valence-electron chi connectivity index (χ4n) is 3.41. The van der Waals surface area contributed by atoms with Crippen LogP contribution < -0.4 is 5.32 Å². The fraction of sp³-hybridized carbons (Fsp3) is 0.208. The number of hydrogen-bond donors (Lipinski definition) is 1. The number of benzene rings is 2. The number of amidine groups is 1. The highest BCUT2D eigenvalue weighted by molar-refractivity contribution is 8.18. The maximum Gasteiger partial charge on any atom is 0.325 e. The van der Waals surface area contributed by atoms with Gasteiger partial charge in [0.05, 0.1) is 17.2 Å². The van der Waals surface area contributed by atoms with Gasteiger partial charge in [0, 0.05) is 22.7 Å². The molecule has 0 atom stereocenters. The Labute approximate surface area is 185 Å². The van der Waals surface area contributed by atoms with Gasteiger partial charge >= 0.3 is 5.97 Å². The third-order valence-corrected chi connectivity index (χ3v) is 5.85. The molecule has 1 amide bonds. The number of para-hydroxylation sites is 1. The highest BCUT2D eigenvalue weighted by Crippen LogP contribution is 2.31. The van der Waals surface area contributed by atoms with E-state index in [0.29, 0.717) is 16.7 Å². The van der Waals surface area contributed by atoms with Gasteiger partial charge in [-0.2, -0.15) is 0 Å². The third kappa shape index (κ3) is 4.72. The average Bonchev–Trinajstić information content (AvgIpc) is 3.29. The standard InChI is InChI=1S/C24H23N3O3S/c1-3-16-9-11-18(12-10-16)25-24-26-23(29)21(31-24)13-17-14-27(15-22(28)30-4-2)20-8-6-5-7-19(17)20/h5-14H,3-4,15H2,1-2H3,(H,25,26,29)/b21-13-. The predicted octanol–water partition coefficient (Wildman–Crippen LogP) is 4.66. The van der Waals surface area contributed by atoms with Crippen molar-refractivity contribution in [1.29, 1.82) is 0 Å². The number of esters is 1. The number of aryl methyl sites for hydroxylation is 1. The zero-order valence-corrected chi connectivity index (χ0v) is 18.2. The van der Waals surface area contributed by atoms with Crippen LogP contribution in [0.3, 0.4) is 0 Å². The van der Waals surface area contributed by atoms with Gasteiger partial charge in [-0.05, 0) is 54.9 Å². The molecule has 0 radical (unpaired) electrons. The molecule has 1 aliphatic heterocycles. The average molecular weight is 434 g/mol. The van der Waals surface area contributed by atoms with Crippen molar-refractivity contribution in [1.82, 2.24) is 9.88 Å². The molecule has 7 heteroatoms. The topological polar surface area (TPSA) is 72.7 Å². The molecule has 6 nitrogen and oxygen atoms in total. The maximum atomic E-state index is 12.5. The lowest BCUT2D eigenvalue weighted by Crippen LogP contribution is -2.19. The van der Waals surface area contributed by atoms with Gasteiger partial charge in [-0.3, -0.25) is 9.59 Å². The van der Waals surface area contributed by atoms with E-state index >= 15 is 0 Å². The minimum absolute atomic E-state index is 0.122. The first kappa shape index (κ1) is 20.9. The summed E-state index contributed by atoms with van der Waals surface area (Å²) in [6.07, 6.45) is 4.69. The minimum Gasteiger partial charge on any atom is -0.465 e. The second kappa shape index (κ2) is 9.22. The Hall–Kier alpha value is -3.32. The summed E-state index contributed by atoms with van der Waals surface area (Å²) in [5, 5.41) is 4.35. The molecule has 1 aromatic heterocycles. The van der Waals surface area contributed by atoms with E-state index in [9.17, 15) is 9.59 Å². The SMILES string of the molecule is CCOC(=O)Cn1cc(/C=C2\SC(=Nc3ccc(CC)cc3)NC2=O)c2ccccc21. The van der Waals surface area contributed by atoms with Crippen LogP contribution in [-0.2, 0) is 27.3 Å². The molecule has 2 aromatic carbocycles. The lowest BCUT2D eigenvalue weighted by molar-refractivity contribution is -0.143. The summed E-state index contributed by atoms with van der Waals surface area (Å²) >= 11 is 1.31. The van der Waals surface area contributed by atoms with E-state index in [1.807, 2.05) is 65.4 Å². The first-order valence-corrected chi connectivity index (χ1v) is 11.0. The van der Waals surface area contributed by atoms with E-state index in [1.165, 1.54) is 17.3 Å². The number of fused-ring (bicyclic) bond motifs is 1. The molecule has 1 N–H and O–H groups in total. The zero-order valence-electron chi connectivity index (χ0n) is 17.4. The molecular formula is C24H23N3O3S. The first-order chi connectivity index (χ1) is 15.1. The molecule has 4 rings (SSSR count). The largest absolute Gasteiger partial charge is 0.465 e. The van der Waals surface area contributed by atoms with Crippen molar-refractivity contribution in [3.8, 4) is 0 Å². The first-order valence-electron chi connectivity index (χ1n) is 10.2. The van der Waals surface area contributed by atoms with Gasteiger partial charge in [-0.15, -0.1) is 0 Å². The van der Waals surface area contributed by atoms with Crippen LogP contribution in [0.25, 0.3) is 17.0 Å². The van der Waals surface area contributed by atoms with Gasteiger partial charge in [-0.25, -0.2) is 4.99 Å². The Morgan fingerprint density at radius 2 is 1.94 bits per heavy atom. The summed E-state index contributed by atoms with van der Waals surface area (Å²) in [6, 6.07) is 15.8. The number of rotatable bonds is 6. The number of aliphatic imine (C=N–C) groups is 1. The molecule has 2 heterocycles. The molecule has 0 aliphatic carbocycles. The predicted molar refractivity (Wildman–Crippen MR) is 125 cm³/mol. The normalized spacial score (nSPS) is 16.3. The summed E-state index contributed by atoms with van der Waals surface area (Å²) in [6.45, 7) is 4.36. The molecule has 1 aliphatic rings. The Balaban J connectivity index is 1.61. The van der Waals surface area contributed by atoms with Crippen LogP contribution in [-0.4, -0.2) is 28.2 Å². The van der Waals surface area contributed by atoms with Crippen LogP contribution in [0, 0.1) is 0 Å². The maximum absolute atomic E-state index is 12.5. The second-order valence-corrected chi connectivity index (χ2v) is 8.07. The number of ether oxygens (including phenoxy) is 1. The molecule has 0 spiro atoms. The van der Waals surface area contributed by atoms with E-state index < -0.39 is 0 Å². The fourth-order valence-corrected chi connectivity index (χ4v) is 4.24. The van der Waals surface area contributed by atoms with Crippen molar-refractivity contribution >= 4 is 51.5 Å². The quantitative estimate of drug-likeness (QED) is 0.453. The van der Waals surface area contributed by atoms with Gasteiger partial charge in [0.1, 0.15) is 6.54 Å². The summed E-state index contributed by atoms with van der Waals surface area (Å²) in [5.41, 5.74) is 3.82. The number of aromatic nitrogens is 1. The Morgan fingerprint density at radius 1 is 1.16 bits per heavy atom. The van der Waals surface area contributed by atoms with Gasteiger partial charge in [0.2, 0.25) is 0 Å². The number of nitrogens with zero attached hydrogens (tertiary/aromatic N) is 2. The van der Waals surface area contributed by atoms with E-state index in [-0.39, 0.29) is 18.4 Å². The lowest BCUT2D eigenvalue weighted by atomic mass is 10.1. The van der Waals surface area contributed by atoms with Gasteiger partial charge in [-0.1, -0.05) is 37.3 Å². The van der Waals surface area contributed by atoms with E-state index in [0.717, 1.165) is 28.6 Å². The summed E-state index contributed by atoms with van der Waals surface area (Å²) in [7, 11) is 0. The van der Waals surface area contributed by atoms with Crippen molar-refractivity contribution in [3.63, 3.8) is 0 Å². The lowest BCUT2D eigenvalue weighted by Gasteiger charge is -2.04. The summed E-state index contributed by atoms with van der Waals surface area (Å²) < 4.78 is 6.93. The van der Waals surface area contributed by atoms with Crippen LogP contribution >= 0.6 is 11.8 Å². The number of amides is 1. The Morgan fingerprint density at radius 3 is 2.68 bits per heavy atom. The number of carbonyl (C=O) groups excluding carboxylic acids is 2.